The van der Waals surface area contributed by atoms with Crippen LogP contribution >= 0.6 is 35.0 Å². The molecule has 0 saturated carbocycles. The summed E-state index contributed by atoms with van der Waals surface area (Å²) < 4.78 is 0. The lowest BCUT2D eigenvalue weighted by Crippen LogP contribution is -2.55. The molecule has 2 aliphatic rings. The van der Waals surface area contributed by atoms with E-state index in [0.29, 0.717) is 15.9 Å². The van der Waals surface area contributed by atoms with Crippen molar-refractivity contribution in [1.29, 1.82) is 0 Å². The topological polar surface area (TPSA) is 74.1 Å². The number of halogens is 2. The predicted molar refractivity (Wildman–Crippen MR) is 135 cm³/mol. The van der Waals surface area contributed by atoms with Crippen LogP contribution in [0.3, 0.4) is 0 Å². The maximum atomic E-state index is 6.41. The number of thioether (sulfide) groups is 1. The maximum Gasteiger partial charge on any atom is 0.180 e. The van der Waals surface area contributed by atoms with E-state index in [1.807, 2.05) is 43.6 Å². The summed E-state index contributed by atoms with van der Waals surface area (Å²) in [5.41, 5.74) is 13.9. The van der Waals surface area contributed by atoms with E-state index in [-0.39, 0.29) is 12.3 Å². The normalized spacial score (nSPS) is 21.2. The van der Waals surface area contributed by atoms with Crippen molar-refractivity contribution >= 4 is 40.8 Å². The summed E-state index contributed by atoms with van der Waals surface area (Å²) in [5.74, 6) is 0.516. The third-order valence-electron chi connectivity index (χ3n) is 5.74. The second-order valence-corrected chi connectivity index (χ2v) is 9.90. The van der Waals surface area contributed by atoms with Crippen molar-refractivity contribution in [3.05, 3.63) is 75.2 Å². The lowest BCUT2D eigenvalue weighted by molar-refractivity contribution is 0.0419. The quantitative estimate of drug-likeness (QED) is 0.640. The molecule has 4 rings (SSSR count). The Bertz CT molecular complexity index is 991. The van der Waals surface area contributed by atoms with Crippen molar-refractivity contribution in [2.24, 2.45) is 16.5 Å². The minimum Gasteiger partial charge on any atom is -0.383 e. The van der Waals surface area contributed by atoms with Crippen LogP contribution in [0.2, 0.25) is 10.0 Å². The molecule has 2 aromatic rings. The van der Waals surface area contributed by atoms with Gasteiger partial charge in [-0.25, -0.2) is 4.99 Å². The van der Waals surface area contributed by atoms with Gasteiger partial charge in [0.05, 0.1) is 15.0 Å². The van der Waals surface area contributed by atoms with Gasteiger partial charge in [-0.15, -0.1) is 0 Å². The van der Waals surface area contributed by atoms with Crippen LogP contribution < -0.4 is 11.5 Å². The van der Waals surface area contributed by atoms with Crippen LogP contribution in [-0.4, -0.2) is 66.6 Å². The van der Waals surface area contributed by atoms with Gasteiger partial charge in [0.25, 0.3) is 0 Å². The van der Waals surface area contributed by atoms with Gasteiger partial charge in [-0.2, -0.15) is 0 Å². The van der Waals surface area contributed by atoms with Crippen molar-refractivity contribution in [2.75, 3.05) is 39.8 Å². The number of piperazine rings is 1. The Labute approximate surface area is 203 Å². The Kier molecular flexibility index (Phi) is 7.66. The first kappa shape index (κ1) is 23.4. The maximum absolute atomic E-state index is 6.41. The fourth-order valence-electron chi connectivity index (χ4n) is 3.96. The first-order chi connectivity index (χ1) is 15.4. The zero-order valence-corrected chi connectivity index (χ0v) is 20.3. The minimum atomic E-state index is -0.112. The van der Waals surface area contributed by atoms with E-state index in [1.54, 1.807) is 6.07 Å². The van der Waals surface area contributed by atoms with Crippen LogP contribution in [0.4, 0.5) is 0 Å². The van der Waals surface area contributed by atoms with Crippen molar-refractivity contribution in [1.82, 2.24) is 14.7 Å². The number of nitrogens with two attached hydrogens (primary N) is 2. The van der Waals surface area contributed by atoms with E-state index in [0.717, 1.165) is 42.5 Å². The molecule has 2 atom stereocenters. The van der Waals surface area contributed by atoms with Gasteiger partial charge in [-0.3, -0.25) is 9.80 Å². The molecule has 1 fully saturated rings. The molecule has 1 saturated heterocycles. The van der Waals surface area contributed by atoms with Crippen molar-refractivity contribution in [2.45, 2.75) is 17.2 Å². The van der Waals surface area contributed by atoms with Gasteiger partial charge in [0, 0.05) is 56.9 Å². The molecule has 0 radical (unpaired) electrons. The smallest absolute Gasteiger partial charge is 0.180 e. The lowest BCUT2D eigenvalue weighted by atomic mass is 10.1. The average molecular weight is 491 g/mol. The number of hydrogen-bond acceptors (Lipinski definition) is 7. The Morgan fingerprint density at radius 1 is 1.06 bits per heavy atom. The number of aliphatic imine (C=N–C) groups is 1. The zero-order chi connectivity index (χ0) is 22.7. The Morgan fingerprint density at radius 3 is 2.50 bits per heavy atom. The summed E-state index contributed by atoms with van der Waals surface area (Å²) in [6.45, 7) is 4.56. The van der Waals surface area contributed by atoms with Gasteiger partial charge in [0.2, 0.25) is 0 Å². The molecule has 6 nitrogen and oxygen atoms in total. The Balaban J connectivity index is 1.34. The van der Waals surface area contributed by atoms with Crippen LogP contribution in [0.25, 0.3) is 0 Å². The van der Waals surface area contributed by atoms with E-state index in [4.69, 9.17) is 39.7 Å². The van der Waals surface area contributed by atoms with E-state index < -0.39 is 0 Å². The van der Waals surface area contributed by atoms with Gasteiger partial charge in [0.1, 0.15) is 5.84 Å². The van der Waals surface area contributed by atoms with Crippen LogP contribution in [0.1, 0.15) is 11.6 Å². The van der Waals surface area contributed by atoms with Gasteiger partial charge in [-0.05, 0) is 17.7 Å². The number of amidine groups is 1. The fraction of sp³-hybridized carbons (Fsp3) is 0.348. The van der Waals surface area contributed by atoms with E-state index in [2.05, 4.69) is 26.8 Å². The van der Waals surface area contributed by atoms with Crippen molar-refractivity contribution in [3.63, 3.8) is 0 Å². The fourth-order valence-corrected chi connectivity index (χ4v) is 5.39. The van der Waals surface area contributed by atoms with Crippen LogP contribution in [0, 0.1) is 0 Å². The van der Waals surface area contributed by atoms with Crippen LogP contribution in [-0.2, 0) is 0 Å². The zero-order valence-electron chi connectivity index (χ0n) is 18.0. The van der Waals surface area contributed by atoms with Gasteiger partial charge >= 0.3 is 0 Å². The molecule has 0 amide bonds. The first-order valence-electron chi connectivity index (χ1n) is 10.6. The highest BCUT2D eigenvalue weighted by Crippen LogP contribution is 2.38. The largest absolute Gasteiger partial charge is 0.383 e. The van der Waals surface area contributed by atoms with E-state index >= 15 is 0 Å². The third kappa shape index (κ3) is 5.42. The molecule has 0 aromatic heterocycles. The number of nitrogens with zero attached hydrogens (tertiary/aromatic N) is 4. The molecule has 2 unspecified atom stereocenters. The molecule has 9 heteroatoms. The third-order valence-corrected chi connectivity index (χ3v) is 7.77. The molecule has 2 aromatic carbocycles. The molecule has 0 aliphatic carbocycles. The summed E-state index contributed by atoms with van der Waals surface area (Å²) in [7, 11) is 2.03. The summed E-state index contributed by atoms with van der Waals surface area (Å²) in [6, 6.07) is 15.9. The highest BCUT2D eigenvalue weighted by atomic mass is 35.5. The first-order valence-corrected chi connectivity index (χ1v) is 12.2. The molecular weight excluding hydrogens is 463 g/mol. The highest BCUT2D eigenvalue weighted by Gasteiger charge is 2.29. The molecule has 170 valence electrons. The predicted octanol–water partition coefficient (Wildman–Crippen LogP) is 3.83. The van der Waals surface area contributed by atoms with Gasteiger partial charge < -0.3 is 16.4 Å². The second kappa shape index (κ2) is 10.5. The average Bonchev–Trinajstić information content (AvgIpc) is 2.80. The van der Waals surface area contributed by atoms with Gasteiger partial charge in [-0.1, -0.05) is 71.4 Å². The summed E-state index contributed by atoms with van der Waals surface area (Å²) in [6.07, 6.45) is 1.92. The molecule has 32 heavy (non-hydrogen) atoms. The van der Waals surface area contributed by atoms with Gasteiger partial charge in [0.15, 0.2) is 6.29 Å². The Morgan fingerprint density at radius 2 is 1.78 bits per heavy atom. The monoisotopic (exact) mass is 490 g/mol. The number of hydrogen-bond donors (Lipinski definition) is 2. The summed E-state index contributed by atoms with van der Waals surface area (Å²) >= 11 is 14.0. The molecule has 4 N–H and O–H groups in total. The summed E-state index contributed by atoms with van der Waals surface area (Å²) in [5, 5.41) is 1.06. The highest BCUT2D eigenvalue weighted by molar-refractivity contribution is 8.04. The van der Waals surface area contributed by atoms with Crippen molar-refractivity contribution in [3.8, 4) is 0 Å². The van der Waals surface area contributed by atoms with Crippen LogP contribution in [0.15, 0.2) is 69.5 Å². The van der Waals surface area contributed by atoms with Crippen LogP contribution in [0.5, 0.6) is 0 Å². The molecule has 2 heterocycles. The molecule has 2 aliphatic heterocycles. The Hall–Kier alpha value is -1.74. The lowest BCUT2D eigenvalue weighted by Gasteiger charge is -2.42. The van der Waals surface area contributed by atoms with Crippen molar-refractivity contribution < 1.29 is 0 Å². The standard InChI is InChI=1S/C23H28Cl2N6S/c1-29-15-20(32-19-9-5-8-17(24)21(19)25)22(27)28-23(29)31-12-10-30(11-13-31)14-18(26)16-6-3-2-4-7-16/h2-9,15,18,23H,10-14,26H2,1H3,(H2,27,28). The SMILES string of the molecule is CN1C=C(Sc2cccc(Cl)c2Cl)C(N)=NC1N1CCN(CC(N)c2ccccc2)CC1. The van der Waals surface area contributed by atoms with E-state index in [9.17, 15) is 0 Å². The number of benzene rings is 2. The molecule has 0 spiro atoms. The second-order valence-electron chi connectivity index (χ2n) is 8.03. The molecular formula is C23H28Cl2N6S. The molecule has 0 bridgehead atoms. The number of rotatable bonds is 6. The minimum absolute atomic E-state index is 0.0228. The van der Waals surface area contributed by atoms with E-state index in [1.165, 1.54) is 17.3 Å². The summed E-state index contributed by atoms with van der Waals surface area (Å²) in [4.78, 5) is 13.4.